The van der Waals surface area contributed by atoms with Crippen molar-refractivity contribution in [1.82, 2.24) is 30.3 Å². The van der Waals surface area contributed by atoms with E-state index >= 15 is 0 Å². The average Bonchev–Trinajstić information content (AvgIpc) is 3.17. The minimum absolute atomic E-state index is 0.310. The van der Waals surface area contributed by atoms with Crippen LogP contribution in [-0.2, 0) is 13.0 Å². The van der Waals surface area contributed by atoms with Crippen LogP contribution in [0.1, 0.15) is 38.2 Å². The van der Waals surface area contributed by atoms with Crippen LogP contribution in [0, 0.1) is 0 Å². The number of hydrogen-bond acceptors (Lipinski definition) is 4. The first-order valence-corrected chi connectivity index (χ1v) is 9.83. The summed E-state index contributed by atoms with van der Waals surface area (Å²) in [5.74, 6) is 1.82. The minimum atomic E-state index is 0.310. The standard InChI is InChI=1S/C20H33N7/c1-5-19-25-24-16-27(19)14-13-22-20(21-4)23-15-18(26(6-2)7-3)17-11-9-8-10-12-17/h8-12,16,18H,5-7,13-15H2,1-4H3,(H2,21,22,23). The molecule has 1 unspecified atom stereocenters. The Morgan fingerprint density at radius 3 is 2.52 bits per heavy atom. The molecule has 1 aromatic heterocycles. The van der Waals surface area contributed by atoms with Crippen LogP contribution < -0.4 is 10.6 Å². The number of aliphatic imine (C=N–C) groups is 1. The Labute approximate surface area is 162 Å². The molecule has 148 valence electrons. The fraction of sp³-hybridized carbons (Fsp3) is 0.550. The van der Waals surface area contributed by atoms with E-state index in [0.29, 0.717) is 6.04 Å². The highest BCUT2D eigenvalue weighted by Crippen LogP contribution is 2.19. The van der Waals surface area contributed by atoms with Crippen molar-refractivity contribution in [3.05, 3.63) is 48.0 Å². The van der Waals surface area contributed by atoms with E-state index in [4.69, 9.17) is 0 Å². The van der Waals surface area contributed by atoms with Crippen LogP contribution in [0.4, 0.5) is 0 Å². The summed E-state index contributed by atoms with van der Waals surface area (Å²) in [4.78, 5) is 6.82. The second-order valence-electron chi connectivity index (χ2n) is 6.32. The highest BCUT2D eigenvalue weighted by Gasteiger charge is 2.18. The third-order valence-corrected chi connectivity index (χ3v) is 4.78. The topological polar surface area (TPSA) is 70.4 Å². The van der Waals surface area contributed by atoms with Crippen LogP contribution in [0.25, 0.3) is 0 Å². The van der Waals surface area contributed by atoms with Gasteiger partial charge < -0.3 is 15.2 Å². The second kappa shape index (κ2) is 11.3. The van der Waals surface area contributed by atoms with E-state index in [1.807, 2.05) is 0 Å². The summed E-state index contributed by atoms with van der Waals surface area (Å²) in [5.41, 5.74) is 1.32. The molecule has 0 aliphatic carbocycles. The van der Waals surface area contributed by atoms with Crippen LogP contribution >= 0.6 is 0 Å². The Kier molecular flexibility index (Phi) is 8.77. The number of nitrogens with zero attached hydrogens (tertiary/aromatic N) is 5. The molecule has 0 bridgehead atoms. The molecule has 0 saturated heterocycles. The number of likely N-dealkylation sites (N-methyl/N-ethyl adjacent to an activating group) is 1. The predicted molar refractivity (Wildman–Crippen MR) is 111 cm³/mol. The third-order valence-electron chi connectivity index (χ3n) is 4.78. The number of aryl methyl sites for hydroxylation is 1. The first-order valence-electron chi connectivity index (χ1n) is 9.83. The first kappa shape index (κ1) is 20.9. The number of nitrogens with one attached hydrogen (secondary N) is 2. The molecule has 0 radical (unpaired) electrons. The van der Waals surface area contributed by atoms with Gasteiger partial charge in [0, 0.05) is 33.1 Å². The molecule has 7 heteroatoms. The number of hydrogen-bond donors (Lipinski definition) is 2. The number of guanidine groups is 1. The molecule has 1 heterocycles. The van der Waals surface area contributed by atoms with E-state index in [2.05, 4.69) is 86.4 Å². The molecule has 1 atom stereocenters. The van der Waals surface area contributed by atoms with Crippen molar-refractivity contribution in [2.75, 3.05) is 33.2 Å². The van der Waals surface area contributed by atoms with Crippen LogP contribution in [0.5, 0.6) is 0 Å². The van der Waals surface area contributed by atoms with E-state index < -0.39 is 0 Å². The average molecular weight is 372 g/mol. The molecule has 27 heavy (non-hydrogen) atoms. The van der Waals surface area contributed by atoms with Gasteiger partial charge in [-0.15, -0.1) is 10.2 Å². The summed E-state index contributed by atoms with van der Waals surface area (Å²) >= 11 is 0. The maximum atomic E-state index is 4.36. The quantitative estimate of drug-likeness (QED) is 0.494. The molecule has 0 aliphatic rings. The SMILES string of the molecule is CCc1nncn1CCNC(=NC)NCC(c1ccccc1)N(CC)CC. The molecule has 0 fully saturated rings. The molecule has 0 aliphatic heterocycles. The molecule has 0 spiro atoms. The van der Waals surface area contributed by atoms with Crippen LogP contribution in [0.15, 0.2) is 41.7 Å². The van der Waals surface area contributed by atoms with Gasteiger partial charge in [-0.05, 0) is 18.7 Å². The zero-order chi connectivity index (χ0) is 19.5. The van der Waals surface area contributed by atoms with Gasteiger partial charge in [0.25, 0.3) is 0 Å². The van der Waals surface area contributed by atoms with Gasteiger partial charge in [0.2, 0.25) is 0 Å². The fourth-order valence-corrected chi connectivity index (χ4v) is 3.25. The summed E-state index contributed by atoms with van der Waals surface area (Å²) in [6.07, 6.45) is 2.66. The smallest absolute Gasteiger partial charge is 0.191 e. The third kappa shape index (κ3) is 6.06. The van der Waals surface area contributed by atoms with Gasteiger partial charge in [-0.3, -0.25) is 9.89 Å². The van der Waals surface area contributed by atoms with Gasteiger partial charge in [0.15, 0.2) is 5.96 Å². The van der Waals surface area contributed by atoms with Crippen molar-refractivity contribution in [1.29, 1.82) is 0 Å². The first-order chi connectivity index (χ1) is 13.2. The molecule has 0 amide bonds. The van der Waals surface area contributed by atoms with Crippen LogP contribution in [0.2, 0.25) is 0 Å². The number of rotatable bonds is 10. The normalized spacial score (nSPS) is 13.0. The van der Waals surface area contributed by atoms with Crippen molar-refractivity contribution >= 4 is 5.96 Å². The van der Waals surface area contributed by atoms with E-state index in [1.54, 1.807) is 13.4 Å². The van der Waals surface area contributed by atoms with Gasteiger partial charge >= 0.3 is 0 Å². The maximum absolute atomic E-state index is 4.36. The van der Waals surface area contributed by atoms with Crippen LogP contribution in [0.3, 0.4) is 0 Å². The lowest BCUT2D eigenvalue weighted by atomic mass is 10.1. The van der Waals surface area contributed by atoms with E-state index in [9.17, 15) is 0 Å². The van der Waals surface area contributed by atoms with Gasteiger partial charge in [0.05, 0.1) is 6.04 Å². The van der Waals surface area contributed by atoms with Crippen molar-refractivity contribution in [3.63, 3.8) is 0 Å². The number of benzene rings is 1. The van der Waals surface area contributed by atoms with Gasteiger partial charge in [-0.2, -0.15) is 0 Å². The van der Waals surface area contributed by atoms with Crippen molar-refractivity contribution in [2.24, 2.45) is 4.99 Å². The minimum Gasteiger partial charge on any atom is -0.355 e. The monoisotopic (exact) mass is 371 g/mol. The largest absolute Gasteiger partial charge is 0.355 e. The highest BCUT2D eigenvalue weighted by molar-refractivity contribution is 5.79. The summed E-state index contributed by atoms with van der Waals surface area (Å²) in [5, 5.41) is 15.0. The summed E-state index contributed by atoms with van der Waals surface area (Å²) in [6, 6.07) is 11.0. The summed E-state index contributed by atoms with van der Waals surface area (Å²) < 4.78 is 2.07. The molecular weight excluding hydrogens is 338 g/mol. The Balaban J connectivity index is 1.91. The Morgan fingerprint density at radius 1 is 1.15 bits per heavy atom. The van der Waals surface area contributed by atoms with E-state index in [1.165, 1.54) is 5.56 Å². The summed E-state index contributed by atoms with van der Waals surface area (Å²) in [6.45, 7) is 10.9. The van der Waals surface area contributed by atoms with Gasteiger partial charge in [-0.25, -0.2) is 0 Å². The molecule has 7 nitrogen and oxygen atoms in total. The van der Waals surface area contributed by atoms with Crippen LogP contribution in [-0.4, -0.2) is 58.9 Å². The van der Waals surface area contributed by atoms with Gasteiger partial charge in [0.1, 0.15) is 12.2 Å². The van der Waals surface area contributed by atoms with Crippen molar-refractivity contribution in [3.8, 4) is 0 Å². The molecular formula is C20H33N7. The number of aromatic nitrogens is 3. The van der Waals surface area contributed by atoms with Crippen molar-refractivity contribution in [2.45, 2.75) is 39.8 Å². The Morgan fingerprint density at radius 2 is 1.89 bits per heavy atom. The molecule has 2 aromatic rings. The zero-order valence-electron chi connectivity index (χ0n) is 17.0. The lowest BCUT2D eigenvalue weighted by molar-refractivity contribution is 0.219. The maximum Gasteiger partial charge on any atom is 0.191 e. The predicted octanol–water partition coefficient (Wildman–Crippen LogP) is 2.09. The molecule has 2 rings (SSSR count). The molecule has 0 saturated carbocycles. The lowest BCUT2D eigenvalue weighted by Crippen LogP contribution is -2.44. The fourth-order valence-electron chi connectivity index (χ4n) is 3.25. The Hall–Kier alpha value is -2.41. The summed E-state index contributed by atoms with van der Waals surface area (Å²) in [7, 11) is 1.81. The molecule has 1 aromatic carbocycles. The zero-order valence-corrected chi connectivity index (χ0v) is 17.0. The highest BCUT2D eigenvalue weighted by atomic mass is 15.3. The van der Waals surface area contributed by atoms with Gasteiger partial charge in [-0.1, -0.05) is 51.1 Å². The second-order valence-corrected chi connectivity index (χ2v) is 6.32. The van der Waals surface area contributed by atoms with E-state index in [-0.39, 0.29) is 0 Å². The van der Waals surface area contributed by atoms with Crippen molar-refractivity contribution < 1.29 is 0 Å². The van der Waals surface area contributed by atoms with E-state index in [0.717, 1.165) is 50.9 Å². The molecule has 2 N–H and O–H groups in total. The lowest BCUT2D eigenvalue weighted by Gasteiger charge is -2.30. The Bertz CT molecular complexity index is 677.